The Labute approximate surface area is 136 Å². The SMILES string of the molecule is C.C[C@H](N=C1NC(=O)[C@@](C)(C(F)(F)F)S1)c1ccccc1Cl. The van der Waals surface area contributed by atoms with Crippen LogP contribution in [0.3, 0.4) is 0 Å². The summed E-state index contributed by atoms with van der Waals surface area (Å²) in [6.45, 7) is 2.54. The number of halogens is 4. The summed E-state index contributed by atoms with van der Waals surface area (Å²) in [7, 11) is 0. The molecule has 1 aliphatic heterocycles. The Balaban J connectivity index is 0.00000242. The highest BCUT2D eigenvalue weighted by Gasteiger charge is 2.61. The van der Waals surface area contributed by atoms with Gasteiger partial charge in [0.15, 0.2) is 9.91 Å². The molecule has 1 aliphatic rings. The molecule has 0 saturated carbocycles. The zero-order chi connectivity index (χ0) is 15.8. The summed E-state index contributed by atoms with van der Waals surface area (Å²) in [4.78, 5) is 15.7. The number of rotatable bonds is 2. The maximum absolute atomic E-state index is 12.9. The molecule has 1 aromatic carbocycles. The molecular formula is C14H16ClF3N2OS. The quantitative estimate of drug-likeness (QED) is 0.846. The van der Waals surface area contributed by atoms with Gasteiger partial charge in [0.25, 0.3) is 5.91 Å². The van der Waals surface area contributed by atoms with Crippen LogP contribution in [-0.2, 0) is 4.79 Å². The predicted octanol–water partition coefficient (Wildman–Crippen LogP) is 4.58. The molecule has 0 spiro atoms. The Morgan fingerprint density at radius 2 is 1.95 bits per heavy atom. The van der Waals surface area contributed by atoms with E-state index in [1.54, 1.807) is 31.2 Å². The molecule has 22 heavy (non-hydrogen) atoms. The van der Waals surface area contributed by atoms with Crippen molar-refractivity contribution in [1.82, 2.24) is 5.32 Å². The third-order valence-electron chi connectivity index (χ3n) is 3.16. The number of alkyl halides is 3. The van der Waals surface area contributed by atoms with Crippen LogP contribution < -0.4 is 5.32 Å². The van der Waals surface area contributed by atoms with Gasteiger partial charge in [0.05, 0.1) is 6.04 Å². The number of aliphatic imine (C=N–C) groups is 1. The van der Waals surface area contributed by atoms with E-state index in [4.69, 9.17) is 11.6 Å². The molecule has 1 fully saturated rings. The average molecular weight is 353 g/mol. The van der Waals surface area contributed by atoms with E-state index in [1.807, 2.05) is 0 Å². The lowest BCUT2D eigenvalue weighted by Gasteiger charge is -2.21. The Kier molecular flexibility index (Phi) is 5.56. The fourth-order valence-corrected chi connectivity index (χ4v) is 3.08. The molecule has 8 heteroatoms. The first-order valence-corrected chi connectivity index (χ1v) is 7.24. The summed E-state index contributed by atoms with van der Waals surface area (Å²) in [5.74, 6) is -1.11. The van der Waals surface area contributed by atoms with E-state index in [0.29, 0.717) is 22.3 Å². The molecule has 0 bridgehead atoms. The van der Waals surface area contributed by atoms with Crippen molar-refractivity contribution in [3.8, 4) is 0 Å². The number of thioether (sulfide) groups is 1. The van der Waals surface area contributed by atoms with Crippen LogP contribution in [0.2, 0.25) is 5.02 Å². The monoisotopic (exact) mass is 352 g/mol. The molecule has 122 valence electrons. The van der Waals surface area contributed by atoms with Gasteiger partial charge in [0, 0.05) is 5.02 Å². The summed E-state index contributed by atoms with van der Waals surface area (Å²) >= 11 is 6.40. The number of amidine groups is 1. The molecule has 1 N–H and O–H groups in total. The van der Waals surface area contributed by atoms with Gasteiger partial charge in [-0.05, 0) is 25.5 Å². The molecule has 1 saturated heterocycles. The van der Waals surface area contributed by atoms with Gasteiger partial charge in [-0.25, -0.2) is 0 Å². The number of carbonyl (C=O) groups is 1. The smallest absolute Gasteiger partial charge is 0.304 e. The number of carbonyl (C=O) groups excluding carboxylic acids is 1. The molecule has 0 unspecified atom stereocenters. The normalized spacial score (nSPS) is 24.8. The topological polar surface area (TPSA) is 41.5 Å². The standard InChI is InChI=1S/C13H12ClF3N2OS.CH4/c1-7(8-5-3-4-6-9(8)14)18-11-19-10(20)12(2,21-11)13(15,16)17;/h3-7H,1-2H3,(H,18,19,20);1H4/t7-,12-;/m0./s1. The number of benzene rings is 1. The zero-order valence-electron chi connectivity index (χ0n) is 11.2. The maximum atomic E-state index is 12.9. The molecule has 0 aliphatic carbocycles. The van der Waals surface area contributed by atoms with Crippen molar-refractivity contribution >= 4 is 34.4 Å². The third-order valence-corrected chi connectivity index (χ3v) is 4.73. The van der Waals surface area contributed by atoms with Crippen LogP contribution in [-0.4, -0.2) is 22.0 Å². The first-order valence-electron chi connectivity index (χ1n) is 6.04. The second-order valence-corrected chi connectivity index (χ2v) is 6.53. The highest BCUT2D eigenvalue weighted by Crippen LogP contribution is 2.45. The van der Waals surface area contributed by atoms with Gasteiger partial charge in [0.2, 0.25) is 0 Å². The summed E-state index contributed by atoms with van der Waals surface area (Å²) in [5.41, 5.74) is 0.683. The third kappa shape index (κ3) is 3.41. The van der Waals surface area contributed by atoms with E-state index in [2.05, 4.69) is 10.3 Å². The molecule has 2 atom stereocenters. The minimum atomic E-state index is -4.65. The summed E-state index contributed by atoms with van der Waals surface area (Å²) in [6.07, 6.45) is -4.65. The van der Waals surface area contributed by atoms with E-state index in [0.717, 1.165) is 6.92 Å². The summed E-state index contributed by atoms with van der Waals surface area (Å²) < 4.78 is 36.3. The molecule has 1 aromatic rings. The Morgan fingerprint density at radius 1 is 1.36 bits per heavy atom. The van der Waals surface area contributed by atoms with Gasteiger partial charge in [-0.15, -0.1) is 0 Å². The second-order valence-electron chi connectivity index (χ2n) is 4.72. The largest absolute Gasteiger partial charge is 0.412 e. The van der Waals surface area contributed by atoms with Crippen molar-refractivity contribution < 1.29 is 18.0 Å². The van der Waals surface area contributed by atoms with E-state index >= 15 is 0 Å². The lowest BCUT2D eigenvalue weighted by atomic mass is 10.1. The predicted molar refractivity (Wildman–Crippen MR) is 84.2 cm³/mol. The van der Waals surface area contributed by atoms with Gasteiger partial charge >= 0.3 is 6.18 Å². The van der Waals surface area contributed by atoms with Crippen molar-refractivity contribution in [3.05, 3.63) is 34.9 Å². The van der Waals surface area contributed by atoms with Gasteiger partial charge in [-0.1, -0.05) is 49.0 Å². The first kappa shape index (κ1) is 18.8. The fourth-order valence-electron chi connectivity index (χ4n) is 1.79. The van der Waals surface area contributed by atoms with Gasteiger partial charge in [-0.3, -0.25) is 9.79 Å². The molecule has 3 nitrogen and oxygen atoms in total. The van der Waals surface area contributed by atoms with E-state index in [-0.39, 0.29) is 12.6 Å². The minimum Gasteiger partial charge on any atom is -0.304 e. The lowest BCUT2D eigenvalue weighted by molar-refractivity contribution is -0.166. The van der Waals surface area contributed by atoms with Crippen LogP contribution in [0.5, 0.6) is 0 Å². The molecule has 1 heterocycles. The van der Waals surface area contributed by atoms with Crippen molar-refractivity contribution in [2.24, 2.45) is 4.99 Å². The molecule has 2 rings (SSSR count). The summed E-state index contributed by atoms with van der Waals surface area (Å²) in [6, 6.07) is 6.46. The Morgan fingerprint density at radius 3 is 2.45 bits per heavy atom. The van der Waals surface area contributed by atoms with E-state index in [9.17, 15) is 18.0 Å². The first-order chi connectivity index (χ1) is 9.65. The summed E-state index contributed by atoms with van der Waals surface area (Å²) in [5, 5.41) is 2.61. The van der Waals surface area contributed by atoms with Crippen LogP contribution in [0.1, 0.15) is 32.9 Å². The fraction of sp³-hybridized carbons (Fsp3) is 0.429. The number of nitrogens with zero attached hydrogens (tertiary/aromatic N) is 1. The van der Waals surface area contributed by atoms with Crippen LogP contribution in [0, 0.1) is 0 Å². The maximum Gasteiger partial charge on any atom is 0.412 e. The average Bonchev–Trinajstić information content (AvgIpc) is 2.65. The van der Waals surface area contributed by atoms with Crippen molar-refractivity contribution in [2.75, 3.05) is 0 Å². The highest BCUT2D eigenvalue weighted by atomic mass is 35.5. The highest BCUT2D eigenvalue weighted by molar-refractivity contribution is 8.16. The van der Waals surface area contributed by atoms with Crippen LogP contribution >= 0.6 is 23.4 Å². The van der Waals surface area contributed by atoms with Crippen molar-refractivity contribution in [3.63, 3.8) is 0 Å². The minimum absolute atomic E-state index is 0. The van der Waals surface area contributed by atoms with Gasteiger partial charge in [0.1, 0.15) is 0 Å². The molecular weight excluding hydrogens is 337 g/mol. The Hall–Kier alpha value is -1.21. The number of hydrogen-bond acceptors (Lipinski definition) is 3. The van der Waals surface area contributed by atoms with Crippen LogP contribution in [0.25, 0.3) is 0 Å². The van der Waals surface area contributed by atoms with Gasteiger partial charge in [-0.2, -0.15) is 13.2 Å². The Bertz CT molecular complexity index is 606. The molecule has 1 amide bonds. The zero-order valence-corrected chi connectivity index (χ0v) is 12.7. The molecule has 0 aromatic heterocycles. The lowest BCUT2D eigenvalue weighted by Crippen LogP contribution is -2.46. The van der Waals surface area contributed by atoms with Crippen LogP contribution in [0.15, 0.2) is 29.3 Å². The number of hydrogen-bond donors (Lipinski definition) is 1. The molecule has 0 radical (unpaired) electrons. The van der Waals surface area contributed by atoms with E-state index in [1.165, 1.54) is 0 Å². The van der Waals surface area contributed by atoms with Crippen molar-refractivity contribution in [2.45, 2.75) is 38.2 Å². The van der Waals surface area contributed by atoms with Crippen LogP contribution in [0.4, 0.5) is 13.2 Å². The number of nitrogens with one attached hydrogen (secondary N) is 1. The van der Waals surface area contributed by atoms with Gasteiger partial charge < -0.3 is 5.32 Å². The number of amides is 1. The second kappa shape index (κ2) is 6.50. The van der Waals surface area contributed by atoms with E-state index < -0.39 is 22.9 Å². The van der Waals surface area contributed by atoms with Crippen molar-refractivity contribution in [1.29, 1.82) is 0 Å².